The van der Waals surface area contributed by atoms with Gasteiger partial charge in [-0.2, -0.15) is 5.26 Å². The zero-order chi connectivity index (χ0) is 13.8. The van der Waals surface area contributed by atoms with Gasteiger partial charge in [0, 0.05) is 6.20 Å². The van der Waals surface area contributed by atoms with Crippen LogP contribution in [0.1, 0.15) is 25.2 Å². The Morgan fingerprint density at radius 2 is 2.32 bits per heavy atom. The molecule has 0 aliphatic rings. The molecule has 0 fully saturated rings. The number of fused-ring (bicyclic) bond motifs is 1. The van der Waals surface area contributed by atoms with Crippen LogP contribution in [0.3, 0.4) is 0 Å². The number of imidazole rings is 1. The van der Waals surface area contributed by atoms with Crippen molar-refractivity contribution in [2.45, 2.75) is 27.2 Å². The van der Waals surface area contributed by atoms with Gasteiger partial charge >= 0.3 is 0 Å². The SMILES string of the molecule is CC(C)=CCOc1cccn2c(CC#N)c(C)nc12. The van der Waals surface area contributed by atoms with Crippen LogP contribution >= 0.6 is 0 Å². The van der Waals surface area contributed by atoms with E-state index in [0.717, 1.165) is 22.8 Å². The summed E-state index contributed by atoms with van der Waals surface area (Å²) in [5, 5.41) is 8.86. The van der Waals surface area contributed by atoms with Gasteiger partial charge in [-0.25, -0.2) is 4.98 Å². The zero-order valence-electron chi connectivity index (χ0n) is 11.5. The highest BCUT2D eigenvalue weighted by molar-refractivity contribution is 5.56. The number of rotatable bonds is 4. The van der Waals surface area contributed by atoms with Crippen LogP contribution in [0.15, 0.2) is 30.0 Å². The molecule has 4 nitrogen and oxygen atoms in total. The van der Waals surface area contributed by atoms with Gasteiger partial charge in [-0.3, -0.25) is 4.40 Å². The first kappa shape index (κ1) is 13.2. The molecule has 19 heavy (non-hydrogen) atoms. The minimum Gasteiger partial charge on any atom is -0.486 e. The highest BCUT2D eigenvalue weighted by Gasteiger charge is 2.11. The van der Waals surface area contributed by atoms with Crippen molar-refractivity contribution in [1.82, 2.24) is 9.38 Å². The summed E-state index contributed by atoms with van der Waals surface area (Å²) in [4.78, 5) is 4.50. The second kappa shape index (κ2) is 5.57. The first-order valence-electron chi connectivity index (χ1n) is 6.23. The molecule has 0 unspecified atom stereocenters. The lowest BCUT2D eigenvalue weighted by Gasteiger charge is -2.05. The summed E-state index contributed by atoms with van der Waals surface area (Å²) < 4.78 is 7.66. The van der Waals surface area contributed by atoms with E-state index in [1.54, 1.807) is 0 Å². The van der Waals surface area contributed by atoms with Crippen LogP contribution in [0.25, 0.3) is 5.65 Å². The molecule has 0 amide bonds. The van der Waals surface area contributed by atoms with Crippen LogP contribution in [0.2, 0.25) is 0 Å². The van der Waals surface area contributed by atoms with E-state index in [9.17, 15) is 0 Å². The zero-order valence-corrected chi connectivity index (χ0v) is 11.5. The van der Waals surface area contributed by atoms with Gasteiger partial charge in [-0.15, -0.1) is 0 Å². The number of allylic oxidation sites excluding steroid dienone is 1. The summed E-state index contributed by atoms with van der Waals surface area (Å²) in [6.07, 6.45) is 4.29. The van der Waals surface area contributed by atoms with E-state index in [4.69, 9.17) is 10.00 Å². The van der Waals surface area contributed by atoms with E-state index in [-0.39, 0.29) is 0 Å². The standard InChI is InChI=1S/C15H17N3O/c1-11(2)7-10-19-14-5-4-9-18-13(6-8-16)12(3)17-15(14)18/h4-5,7,9H,6,10H2,1-3H3. The molecule has 98 valence electrons. The molecule has 2 heterocycles. The van der Waals surface area contributed by atoms with Crippen LogP contribution < -0.4 is 4.74 Å². The lowest BCUT2D eigenvalue weighted by molar-refractivity contribution is 0.364. The molecular formula is C15H17N3O. The number of hydrogen-bond acceptors (Lipinski definition) is 3. The van der Waals surface area contributed by atoms with E-state index in [0.29, 0.717) is 13.0 Å². The Bertz CT molecular complexity index is 658. The first-order chi connectivity index (χ1) is 9.13. The summed E-state index contributed by atoms with van der Waals surface area (Å²) >= 11 is 0. The first-order valence-corrected chi connectivity index (χ1v) is 6.23. The molecule has 0 aromatic carbocycles. The molecule has 0 bridgehead atoms. The van der Waals surface area contributed by atoms with Crippen LogP contribution in [0.4, 0.5) is 0 Å². The molecular weight excluding hydrogens is 238 g/mol. The van der Waals surface area contributed by atoms with Gasteiger partial charge in [0.2, 0.25) is 0 Å². The second-order valence-electron chi connectivity index (χ2n) is 4.64. The van der Waals surface area contributed by atoms with Crippen molar-refractivity contribution in [2.24, 2.45) is 0 Å². The van der Waals surface area contributed by atoms with E-state index < -0.39 is 0 Å². The van der Waals surface area contributed by atoms with Crippen molar-refractivity contribution in [3.63, 3.8) is 0 Å². The summed E-state index contributed by atoms with van der Waals surface area (Å²) in [6, 6.07) is 5.98. The fraction of sp³-hybridized carbons (Fsp3) is 0.333. The molecule has 0 N–H and O–H groups in total. The van der Waals surface area contributed by atoms with Gasteiger partial charge in [0.25, 0.3) is 0 Å². The fourth-order valence-corrected chi connectivity index (χ4v) is 1.90. The van der Waals surface area contributed by atoms with Gasteiger partial charge < -0.3 is 4.74 Å². The van der Waals surface area contributed by atoms with Crippen molar-refractivity contribution in [2.75, 3.05) is 6.61 Å². The largest absolute Gasteiger partial charge is 0.486 e. The predicted molar refractivity (Wildman–Crippen MR) is 74.2 cm³/mol. The number of nitriles is 1. The smallest absolute Gasteiger partial charge is 0.180 e. The highest BCUT2D eigenvalue weighted by atomic mass is 16.5. The number of aryl methyl sites for hydroxylation is 1. The van der Waals surface area contributed by atoms with Gasteiger partial charge in [-0.1, -0.05) is 5.57 Å². The van der Waals surface area contributed by atoms with Crippen molar-refractivity contribution in [3.05, 3.63) is 41.4 Å². The summed E-state index contributed by atoms with van der Waals surface area (Å²) in [7, 11) is 0. The van der Waals surface area contributed by atoms with Gasteiger partial charge in [0.05, 0.1) is 23.9 Å². The molecule has 0 aliphatic carbocycles. The summed E-state index contributed by atoms with van der Waals surface area (Å²) in [5.74, 6) is 0.743. The molecule has 0 saturated heterocycles. The van der Waals surface area contributed by atoms with E-state index >= 15 is 0 Å². The molecule has 0 saturated carbocycles. The van der Waals surface area contributed by atoms with Crippen LogP contribution in [-0.2, 0) is 6.42 Å². The quantitative estimate of drug-likeness (QED) is 0.789. The third-order valence-corrected chi connectivity index (χ3v) is 2.89. The van der Waals surface area contributed by atoms with Crippen molar-refractivity contribution in [1.29, 1.82) is 5.26 Å². The van der Waals surface area contributed by atoms with Crippen molar-refractivity contribution < 1.29 is 4.74 Å². The van der Waals surface area contributed by atoms with Gasteiger partial charge in [0.1, 0.15) is 6.61 Å². The lowest BCUT2D eigenvalue weighted by atomic mass is 10.3. The summed E-state index contributed by atoms with van der Waals surface area (Å²) in [5.41, 5.74) is 3.79. The Morgan fingerprint density at radius 1 is 1.53 bits per heavy atom. The maximum absolute atomic E-state index is 8.86. The number of aromatic nitrogens is 2. The summed E-state index contributed by atoms with van der Waals surface area (Å²) in [6.45, 7) is 6.52. The van der Waals surface area contributed by atoms with E-state index in [2.05, 4.69) is 11.1 Å². The van der Waals surface area contributed by atoms with Crippen molar-refractivity contribution >= 4 is 5.65 Å². The monoisotopic (exact) mass is 255 g/mol. The molecule has 0 atom stereocenters. The molecule has 2 aromatic rings. The average Bonchev–Trinajstić information content (AvgIpc) is 2.68. The maximum Gasteiger partial charge on any atom is 0.180 e. The number of nitrogens with zero attached hydrogens (tertiary/aromatic N) is 3. The fourth-order valence-electron chi connectivity index (χ4n) is 1.90. The van der Waals surface area contributed by atoms with Gasteiger partial charge in [0.15, 0.2) is 11.4 Å². The number of ether oxygens (including phenoxy) is 1. The van der Waals surface area contributed by atoms with Gasteiger partial charge in [-0.05, 0) is 39.0 Å². The Kier molecular flexibility index (Phi) is 3.86. The maximum atomic E-state index is 8.86. The minimum atomic E-state index is 0.352. The topological polar surface area (TPSA) is 50.3 Å². The Balaban J connectivity index is 2.38. The Morgan fingerprint density at radius 3 is 3.00 bits per heavy atom. The third kappa shape index (κ3) is 2.76. The van der Waals surface area contributed by atoms with Crippen LogP contribution in [0.5, 0.6) is 5.75 Å². The molecule has 0 spiro atoms. The normalized spacial score (nSPS) is 10.2. The Labute approximate surface area is 113 Å². The molecule has 2 rings (SSSR count). The highest BCUT2D eigenvalue weighted by Crippen LogP contribution is 2.22. The number of hydrogen-bond donors (Lipinski definition) is 0. The minimum absolute atomic E-state index is 0.352. The number of pyridine rings is 1. The van der Waals surface area contributed by atoms with Crippen molar-refractivity contribution in [3.8, 4) is 11.8 Å². The molecule has 2 aromatic heterocycles. The Hall–Kier alpha value is -2.28. The second-order valence-corrected chi connectivity index (χ2v) is 4.64. The molecule has 0 radical (unpaired) electrons. The third-order valence-electron chi connectivity index (χ3n) is 2.89. The molecule has 0 aliphatic heterocycles. The average molecular weight is 255 g/mol. The van der Waals surface area contributed by atoms with E-state index in [1.165, 1.54) is 5.57 Å². The van der Waals surface area contributed by atoms with Crippen LogP contribution in [-0.4, -0.2) is 16.0 Å². The lowest BCUT2D eigenvalue weighted by Crippen LogP contribution is -1.98. The predicted octanol–water partition coefficient (Wildman–Crippen LogP) is 3.05. The van der Waals surface area contributed by atoms with E-state index in [1.807, 2.05) is 49.6 Å². The van der Waals surface area contributed by atoms with Crippen LogP contribution in [0, 0.1) is 18.3 Å². The molecule has 4 heteroatoms.